The Hall–Kier alpha value is -1.36. The van der Waals surface area contributed by atoms with E-state index in [1.807, 2.05) is 12.1 Å². The summed E-state index contributed by atoms with van der Waals surface area (Å²) in [6, 6.07) is 7.02. The first-order valence-electron chi connectivity index (χ1n) is 8.95. The van der Waals surface area contributed by atoms with Crippen molar-refractivity contribution in [2.75, 3.05) is 7.11 Å². The van der Waals surface area contributed by atoms with Crippen LogP contribution < -0.4 is 0 Å². The number of benzene rings is 1. The molecule has 4 saturated carbocycles. The van der Waals surface area contributed by atoms with E-state index in [0.717, 1.165) is 24.8 Å². The van der Waals surface area contributed by atoms with E-state index >= 15 is 0 Å². The van der Waals surface area contributed by atoms with Gasteiger partial charge in [0, 0.05) is 4.32 Å². The van der Waals surface area contributed by atoms with Gasteiger partial charge in [0.05, 0.1) is 18.1 Å². The summed E-state index contributed by atoms with van der Waals surface area (Å²) in [7, 11) is 1.36. The highest BCUT2D eigenvalue weighted by molar-refractivity contribution is 9.10. The molecule has 5 rings (SSSR count). The first-order chi connectivity index (χ1) is 11.9. The maximum absolute atomic E-state index is 12.9. The second-order valence-corrected chi connectivity index (χ2v) is 9.84. The zero-order valence-electron chi connectivity index (χ0n) is 14.4. The van der Waals surface area contributed by atoms with E-state index in [4.69, 9.17) is 9.47 Å². The van der Waals surface area contributed by atoms with Crippen LogP contribution >= 0.6 is 15.9 Å². The van der Waals surface area contributed by atoms with E-state index in [2.05, 4.69) is 15.9 Å². The van der Waals surface area contributed by atoms with E-state index in [9.17, 15) is 9.59 Å². The summed E-state index contributed by atoms with van der Waals surface area (Å²) in [5, 5.41) is 0. The van der Waals surface area contributed by atoms with Crippen LogP contribution in [-0.2, 0) is 20.9 Å². The zero-order valence-corrected chi connectivity index (χ0v) is 16.0. The Morgan fingerprint density at radius 3 is 2.32 bits per heavy atom. The fraction of sp³-hybridized carbons (Fsp3) is 0.600. The maximum atomic E-state index is 12.9. The van der Waals surface area contributed by atoms with Crippen molar-refractivity contribution in [2.45, 2.75) is 49.5 Å². The van der Waals surface area contributed by atoms with Crippen LogP contribution in [-0.4, -0.2) is 23.4 Å². The summed E-state index contributed by atoms with van der Waals surface area (Å²) >= 11 is 3.93. The van der Waals surface area contributed by atoms with E-state index in [1.54, 1.807) is 12.1 Å². The summed E-state index contributed by atoms with van der Waals surface area (Å²) in [5.74, 6) is 0.919. The number of hydrogen-bond donors (Lipinski definition) is 0. The molecular weight excluding hydrogens is 384 g/mol. The third-order valence-corrected chi connectivity index (χ3v) is 7.10. The minimum Gasteiger partial charge on any atom is -0.465 e. The normalized spacial score (nSPS) is 35.4. The van der Waals surface area contributed by atoms with E-state index in [-0.39, 0.29) is 28.3 Å². The molecule has 4 fully saturated rings. The van der Waals surface area contributed by atoms with Crippen LogP contribution in [0, 0.1) is 17.3 Å². The molecule has 4 atom stereocenters. The van der Waals surface area contributed by atoms with Gasteiger partial charge in [0.15, 0.2) is 0 Å². The standard InChI is InChI=1S/C20H23BrO4/c1-24-17(22)16-4-2-13(3-5-16)11-25-18(23)19-7-14-6-15(8-19)10-20(21,9-14)12-19/h2-5,14-15H,6-12H2,1H3/t14-,15+,19?,20?. The van der Waals surface area contributed by atoms with Crippen molar-refractivity contribution < 1.29 is 19.1 Å². The number of ether oxygens (including phenoxy) is 2. The molecule has 4 aliphatic rings. The predicted molar refractivity (Wildman–Crippen MR) is 96.4 cm³/mol. The van der Waals surface area contributed by atoms with Crippen molar-refractivity contribution in [3.05, 3.63) is 35.4 Å². The summed E-state index contributed by atoms with van der Waals surface area (Å²) in [6.45, 7) is 0.257. The molecule has 0 heterocycles. The van der Waals surface area contributed by atoms with Gasteiger partial charge in [-0.2, -0.15) is 0 Å². The number of esters is 2. The molecule has 5 heteroatoms. The lowest BCUT2D eigenvalue weighted by Gasteiger charge is -2.58. The summed E-state index contributed by atoms with van der Waals surface area (Å²) < 4.78 is 10.6. The lowest BCUT2D eigenvalue weighted by molar-refractivity contribution is -0.170. The first kappa shape index (κ1) is 17.1. The van der Waals surface area contributed by atoms with Gasteiger partial charge in [-0.05, 0) is 68.1 Å². The van der Waals surface area contributed by atoms with Crippen molar-refractivity contribution in [2.24, 2.45) is 17.3 Å². The quantitative estimate of drug-likeness (QED) is 0.553. The molecule has 0 aromatic heterocycles. The van der Waals surface area contributed by atoms with E-state index < -0.39 is 0 Å². The monoisotopic (exact) mass is 406 g/mol. The minimum atomic E-state index is -0.361. The fourth-order valence-corrected chi connectivity index (χ4v) is 7.00. The highest BCUT2D eigenvalue weighted by Crippen LogP contribution is 2.64. The second-order valence-electron chi connectivity index (χ2n) is 8.16. The van der Waals surface area contributed by atoms with E-state index in [1.165, 1.54) is 26.4 Å². The molecule has 2 unspecified atom stereocenters. The smallest absolute Gasteiger partial charge is 0.337 e. The predicted octanol–water partition coefficient (Wildman–Crippen LogP) is 4.25. The maximum Gasteiger partial charge on any atom is 0.337 e. The van der Waals surface area contributed by atoms with Gasteiger partial charge >= 0.3 is 11.9 Å². The van der Waals surface area contributed by atoms with Crippen LogP contribution in [0.5, 0.6) is 0 Å². The molecule has 0 radical (unpaired) electrons. The Morgan fingerprint density at radius 1 is 1.12 bits per heavy atom. The molecule has 0 saturated heterocycles. The molecule has 1 aromatic rings. The molecule has 25 heavy (non-hydrogen) atoms. The SMILES string of the molecule is COC(=O)c1ccc(COC(=O)C23C[C@@H]4C[C@@H](CC(Br)(C4)C2)C3)cc1. The number of methoxy groups -OCH3 is 1. The molecule has 0 aliphatic heterocycles. The third kappa shape index (κ3) is 3.12. The molecule has 4 nitrogen and oxygen atoms in total. The number of hydrogen-bond acceptors (Lipinski definition) is 4. The van der Waals surface area contributed by atoms with Gasteiger partial charge < -0.3 is 9.47 Å². The highest BCUT2D eigenvalue weighted by atomic mass is 79.9. The molecular formula is C20H23BrO4. The first-order valence-corrected chi connectivity index (χ1v) is 9.74. The molecule has 0 amide bonds. The lowest BCUT2D eigenvalue weighted by atomic mass is 9.49. The molecule has 0 N–H and O–H groups in total. The van der Waals surface area contributed by atoms with Crippen LogP contribution in [0.4, 0.5) is 0 Å². The number of halogens is 1. The van der Waals surface area contributed by atoms with E-state index in [0.29, 0.717) is 17.4 Å². The Balaban J connectivity index is 1.42. The largest absolute Gasteiger partial charge is 0.465 e. The third-order valence-electron chi connectivity index (χ3n) is 6.17. The Morgan fingerprint density at radius 2 is 1.76 bits per heavy atom. The number of carbonyl (C=O) groups is 2. The van der Waals surface area contributed by atoms with Crippen molar-refractivity contribution >= 4 is 27.9 Å². The van der Waals surface area contributed by atoms with Crippen LogP contribution in [0.2, 0.25) is 0 Å². The Labute approximate surface area is 156 Å². The summed E-state index contributed by atoms with van der Waals surface area (Å²) in [6.07, 6.45) is 6.56. The van der Waals surface area contributed by atoms with Gasteiger partial charge in [-0.15, -0.1) is 0 Å². The van der Waals surface area contributed by atoms with Crippen LogP contribution in [0.3, 0.4) is 0 Å². The molecule has 1 aromatic carbocycles. The lowest BCUT2D eigenvalue weighted by Crippen LogP contribution is -2.56. The van der Waals surface area contributed by atoms with Crippen molar-refractivity contribution in [1.82, 2.24) is 0 Å². The van der Waals surface area contributed by atoms with Crippen molar-refractivity contribution in [3.8, 4) is 0 Å². The van der Waals surface area contributed by atoms with Crippen LogP contribution in [0.25, 0.3) is 0 Å². The van der Waals surface area contributed by atoms with Gasteiger partial charge in [-0.1, -0.05) is 28.1 Å². The Bertz CT molecular complexity index is 682. The average molecular weight is 407 g/mol. The van der Waals surface area contributed by atoms with Gasteiger partial charge in [-0.25, -0.2) is 4.79 Å². The minimum absolute atomic E-state index is 0.0394. The Kier molecular flexibility index (Phi) is 4.18. The molecule has 134 valence electrons. The molecule has 4 aliphatic carbocycles. The number of rotatable bonds is 4. The van der Waals surface area contributed by atoms with Crippen LogP contribution in [0.1, 0.15) is 54.4 Å². The van der Waals surface area contributed by atoms with Crippen LogP contribution in [0.15, 0.2) is 24.3 Å². The summed E-state index contributed by atoms with van der Waals surface area (Å²) in [5.41, 5.74) is 1.10. The van der Waals surface area contributed by atoms with Crippen molar-refractivity contribution in [1.29, 1.82) is 0 Å². The fourth-order valence-electron chi connectivity index (χ4n) is 5.55. The second kappa shape index (κ2) is 6.11. The average Bonchev–Trinajstić information content (AvgIpc) is 2.57. The number of alkyl halides is 1. The molecule has 0 spiro atoms. The highest BCUT2D eigenvalue weighted by Gasteiger charge is 2.60. The van der Waals surface area contributed by atoms with Gasteiger partial charge in [0.2, 0.25) is 0 Å². The van der Waals surface area contributed by atoms with Gasteiger partial charge in [-0.3, -0.25) is 4.79 Å². The zero-order chi connectivity index (χ0) is 17.7. The van der Waals surface area contributed by atoms with Gasteiger partial charge in [0.1, 0.15) is 6.61 Å². The summed E-state index contributed by atoms with van der Waals surface area (Å²) in [4.78, 5) is 24.4. The van der Waals surface area contributed by atoms with Crippen molar-refractivity contribution in [3.63, 3.8) is 0 Å². The van der Waals surface area contributed by atoms with Gasteiger partial charge in [0.25, 0.3) is 0 Å². The molecule has 4 bridgehead atoms. The number of carbonyl (C=O) groups excluding carboxylic acids is 2. The topological polar surface area (TPSA) is 52.6 Å².